The molecule has 1 N–H and O–H groups in total. The van der Waals surface area contributed by atoms with Crippen molar-refractivity contribution in [3.8, 4) is 0 Å². The molecule has 0 aromatic heterocycles. The van der Waals surface area contributed by atoms with Gasteiger partial charge in [-0.25, -0.2) is 8.42 Å². The first-order valence-electron chi connectivity index (χ1n) is 7.15. The van der Waals surface area contributed by atoms with Crippen molar-refractivity contribution in [1.29, 1.82) is 0 Å². The number of nitrogens with one attached hydrogen (secondary N) is 1. The number of carbonyl (C=O) groups excluding carboxylic acids is 1. The molecular formula is C15H18F3NO3S. The van der Waals surface area contributed by atoms with Crippen LogP contribution >= 0.6 is 0 Å². The third-order valence-corrected chi connectivity index (χ3v) is 6.99. The molecule has 8 heteroatoms. The van der Waals surface area contributed by atoms with Crippen molar-refractivity contribution in [2.45, 2.75) is 42.5 Å². The standard InChI is InChI=1S/C15H18F3NO3S/c1-14(2,10-6-7-19-13(20)9-10)23(21,22)12-5-3-4-11(8-12)15(16,17)18/h3-5,8,10H,6-7,9H2,1-2H3,(H,19,20)/t10-/m0/s1. The van der Waals surface area contributed by atoms with Crippen LogP contribution in [0.1, 0.15) is 32.3 Å². The highest BCUT2D eigenvalue weighted by atomic mass is 32.2. The molecule has 1 aliphatic heterocycles. The molecule has 0 bridgehead atoms. The van der Waals surface area contributed by atoms with Crippen molar-refractivity contribution in [3.05, 3.63) is 29.8 Å². The number of amides is 1. The molecule has 0 unspecified atom stereocenters. The van der Waals surface area contributed by atoms with Gasteiger partial charge in [-0.15, -0.1) is 0 Å². The Kier molecular flexibility index (Phi) is 4.49. The number of hydrogen-bond donors (Lipinski definition) is 1. The maximum Gasteiger partial charge on any atom is 0.416 e. The lowest BCUT2D eigenvalue weighted by Crippen LogP contribution is -2.47. The Morgan fingerprint density at radius 3 is 2.43 bits per heavy atom. The summed E-state index contributed by atoms with van der Waals surface area (Å²) < 4.78 is 62.8. The number of piperidine rings is 1. The van der Waals surface area contributed by atoms with E-state index in [1.807, 2.05) is 0 Å². The number of carbonyl (C=O) groups is 1. The van der Waals surface area contributed by atoms with Gasteiger partial charge in [-0.3, -0.25) is 4.79 Å². The minimum atomic E-state index is -4.61. The van der Waals surface area contributed by atoms with E-state index in [-0.39, 0.29) is 17.2 Å². The van der Waals surface area contributed by atoms with Gasteiger partial charge in [0.25, 0.3) is 0 Å². The first-order chi connectivity index (χ1) is 10.5. The third kappa shape index (κ3) is 3.36. The van der Waals surface area contributed by atoms with Gasteiger partial charge >= 0.3 is 6.18 Å². The summed E-state index contributed by atoms with van der Waals surface area (Å²) in [5.74, 6) is -0.690. The molecular weight excluding hydrogens is 331 g/mol. The normalized spacial score (nSPS) is 20.2. The van der Waals surface area contributed by atoms with Crippen LogP contribution in [-0.2, 0) is 20.8 Å². The lowest BCUT2D eigenvalue weighted by atomic mass is 9.86. The van der Waals surface area contributed by atoms with E-state index in [9.17, 15) is 26.4 Å². The summed E-state index contributed by atoms with van der Waals surface area (Å²) in [6.07, 6.45) is -4.09. The maximum atomic E-state index is 12.8. The number of benzene rings is 1. The maximum absolute atomic E-state index is 12.8. The van der Waals surface area contributed by atoms with Crippen molar-refractivity contribution < 1.29 is 26.4 Å². The van der Waals surface area contributed by atoms with Gasteiger partial charge in [0, 0.05) is 13.0 Å². The van der Waals surface area contributed by atoms with Crippen LogP contribution in [0.3, 0.4) is 0 Å². The quantitative estimate of drug-likeness (QED) is 0.913. The van der Waals surface area contributed by atoms with Crippen molar-refractivity contribution >= 4 is 15.7 Å². The zero-order chi connectivity index (χ0) is 17.5. The Morgan fingerprint density at radius 1 is 1.22 bits per heavy atom. The molecule has 0 aliphatic carbocycles. The van der Waals surface area contributed by atoms with Gasteiger partial charge in [0.2, 0.25) is 5.91 Å². The monoisotopic (exact) mass is 349 g/mol. The van der Waals surface area contributed by atoms with E-state index in [2.05, 4.69) is 5.32 Å². The topological polar surface area (TPSA) is 63.2 Å². The van der Waals surface area contributed by atoms with Crippen LogP contribution in [0.4, 0.5) is 13.2 Å². The molecule has 23 heavy (non-hydrogen) atoms. The van der Waals surface area contributed by atoms with Crippen LogP contribution in [0, 0.1) is 5.92 Å². The highest BCUT2D eigenvalue weighted by Gasteiger charge is 2.45. The van der Waals surface area contributed by atoms with Crippen molar-refractivity contribution in [1.82, 2.24) is 5.32 Å². The molecule has 1 aromatic carbocycles. The lowest BCUT2D eigenvalue weighted by molar-refractivity contribution is -0.137. The first-order valence-corrected chi connectivity index (χ1v) is 8.63. The average Bonchev–Trinajstić information content (AvgIpc) is 2.46. The highest BCUT2D eigenvalue weighted by Crippen LogP contribution is 2.38. The summed E-state index contributed by atoms with van der Waals surface area (Å²) in [5, 5.41) is 2.62. The predicted molar refractivity (Wildman–Crippen MR) is 78.4 cm³/mol. The molecule has 1 amide bonds. The fraction of sp³-hybridized carbons (Fsp3) is 0.533. The number of hydrogen-bond acceptors (Lipinski definition) is 3. The molecule has 4 nitrogen and oxygen atoms in total. The fourth-order valence-electron chi connectivity index (χ4n) is 2.74. The van der Waals surface area contributed by atoms with Crippen LogP contribution in [0.25, 0.3) is 0 Å². The largest absolute Gasteiger partial charge is 0.416 e. The van der Waals surface area contributed by atoms with Crippen molar-refractivity contribution in [2.75, 3.05) is 6.54 Å². The second kappa shape index (κ2) is 5.81. The van der Waals surface area contributed by atoms with Crippen molar-refractivity contribution in [3.63, 3.8) is 0 Å². The molecule has 1 fully saturated rings. The lowest BCUT2D eigenvalue weighted by Gasteiger charge is -2.36. The van der Waals surface area contributed by atoms with E-state index >= 15 is 0 Å². The Balaban J connectivity index is 2.42. The van der Waals surface area contributed by atoms with E-state index in [4.69, 9.17) is 0 Å². The molecule has 0 spiro atoms. The van der Waals surface area contributed by atoms with Crippen LogP contribution in [0.5, 0.6) is 0 Å². The Labute approximate surface area is 133 Å². The van der Waals surface area contributed by atoms with Gasteiger partial charge in [0.1, 0.15) is 0 Å². The molecule has 128 valence electrons. The summed E-state index contributed by atoms with van der Waals surface area (Å²) in [5.41, 5.74) is -1.00. The number of alkyl halides is 3. The van der Waals surface area contributed by atoms with Crippen LogP contribution in [0.2, 0.25) is 0 Å². The minimum Gasteiger partial charge on any atom is -0.356 e. The van der Waals surface area contributed by atoms with Gasteiger partial charge in [0.05, 0.1) is 15.2 Å². The van der Waals surface area contributed by atoms with E-state index in [0.29, 0.717) is 19.0 Å². The van der Waals surface area contributed by atoms with Crippen LogP contribution < -0.4 is 5.32 Å². The molecule has 0 saturated carbocycles. The summed E-state index contributed by atoms with van der Waals surface area (Å²) in [6, 6.07) is 3.73. The van der Waals surface area contributed by atoms with E-state index in [1.54, 1.807) is 0 Å². The van der Waals surface area contributed by atoms with Gasteiger partial charge in [-0.1, -0.05) is 6.07 Å². The van der Waals surface area contributed by atoms with Crippen molar-refractivity contribution in [2.24, 2.45) is 5.92 Å². The zero-order valence-corrected chi connectivity index (χ0v) is 13.6. The summed E-state index contributed by atoms with van der Waals surface area (Å²) in [7, 11) is -4.02. The third-order valence-electron chi connectivity index (χ3n) is 4.39. The second-order valence-electron chi connectivity index (χ2n) is 6.17. The molecule has 1 aliphatic rings. The van der Waals surface area contributed by atoms with Crippen LogP contribution in [-0.4, -0.2) is 25.6 Å². The summed E-state index contributed by atoms with van der Waals surface area (Å²) >= 11 is 0. The molecule has 1 aromatic rings. The number of rotatable bonds is 3. The fourth-order valence-corrected chi connectivity index (χ4v) is 4.53. The smallest absolute Gasteiger partial charge is 0.356 e. The van der Waals surface area contributed by atoms with E-state index < -0.39 is 32.2 Å². The molecule has 1 atom stereocenters. The Bertz CT molecular complexity index is 711. The van der Waals surface area contributed by atoms with E-state index in [1.165, 1.54) is 13.8 Å². The average molecular weight is 349 g/mol. The predicted octanol–water partition coefficient (Wildman–Crippen LogP) is 2.78. The van der Waals surface area contributed by atoms with Gasteiger partial charge < -0.3 is 5.32 Å². The summed E-state index contributed by atoms with van der Waals surface area (Å²) in [4.78, 5) is 11.1. The van der Waals surface area contributed by atoms with E-state index in [0.717, 1.165) is 18.2 Å². The Hall–Kier alpha value is -1.57. The van der Waals surface area contributed by atoms with Gasteiger partial charge in [-0.05, 0) is 44.4 Å². The molecule has 2 rings (SSSR count). The van der Waals surface area contributed by atoms with Gasteiger partial charge in [0.15, 0.2) is 9.84 Å². The highest BCUT2D eigenvalue weighted by molar-refractivity contribution is 7.92. The second-order valence-corrected chi connectivity index (χ2v) is 8.70. The number of halogens is 3. The summed E-state index contributed by atoms with van der Waals surface area (Å²) in [6.45, 7) is 3.29. The minimum absolute atomic E-state index is 0.0468. The molecule has 0 radical (unpaired) electrons. The van der Waals surface area contributed by atoms with Crippen LogP contribution in [0.15, 0.2) is 29.2 Å². The molecule has 1 heterocycles. The number of sulfone groups is 1. The zero-order valence-electron chi connectivity index (χ0n) is 12.8. The Morgan fingerprint density at radius 2 is 1.87 bits per heavy atom. The molecule has 1 saturated heterocycles. The van der Waals surface area contributed by atoms with Gasteiger partial charge in [-0.2, -0.15) is 13.2 Å². The first kappa shape index (κ1) is 17.8. The SMILES string of the molecule is CC(C)([C@H]1CCNC(=O)C1)S(=O)(=O)c1cccc(C(F)(F)F)c1.